The van der Waals surface area contributed by atoms with Gasteiger partial charge in [-0.3, -0.25) is 0 Å². The SMILES string of the molecule is Cc1cccc(Nc2ncc(F)c(N3CCOCC3)n2)c1C. The van der Waals surface area contributed by atoms with Crippen LogP contribution in [0.3, 0.4) is 0 Å². The molecule has 1 saturated heterocycles. The molecule has 2 heterocycles. The van der Waals surface area contributed by atoms with Crippen molar-refractivity contribution in [2.75, 3.05) is 36.5 Å². The van der Waals surface area contributed by atoms with E-state index in [9.17, 15) is 4.39 Å². The second-order valence-electron chi connectivity index (χ2n) is 5.34. The molecule has 0 spiro atoms. The van der Waals surface area contributed by atoms with Crippen molar-refractivity contribution in [2.24, 2.45) is 0 Å². The van der Waals surface area contributed by atoms with Crippen LogP contribution >= 0.6 is 0 Å². The molecule has 1 aromatic heterocycles. The van der Waals surface area contributed by atoms with Crippen molar-refractivity contribution in [1.82, 2.24) is 9.97 Å². The number of ether oxygens (including phenoxy) is 1. The van der Waals surface area contributed by atoms with Crippen molar-refractivity contribution in [1.29, 1.82) is 0 Å². The predicted octanol–water partition coefficient (Wildman–Crippen LogP) is 2.81. The lowest BCUT2D eigenvalue weighted by Crippen LogP contribution is -2.37. The highest BCUT2D eigenvalue weighted by atomic mass is 19.1. The van der Waals surface area contributed by atoms with Gasteiger partial charge in [0.1, 0.15) is 0 Å². The first-order valence-electron chi connectivity index (χ1n) is 7.33. The summed E-state index contributed by atoms with van der Waals surface area (Å²) in [5.74, 6) is 0.316. The molecule has 22 heavy (non-hydrogen) atoms. The standard InChI is InChI=1S/C16H19FN4O/c1-11-4-3-5-14(12(11)2)19-16-18-10-13(17)15(20-16)21-6-8-22-9-7-21/h3-5,10H,6-9H2,1-2H3,(H,18,19,20). The fraction of sp³-hybridized carbons (Fsp3) is 0.375. The molecule has 0 radical (unpaired) electrons. The Morgan fingerprint density at radius 1 is 1.23 bits per heavy atom. The Labute approximate surface area is 129 Å². The lowest BCUT2D eigenvalue weighted by atomic mass is 10.1. The second-order valence-corrected chi connectivity index (χ2v) is 5.34. The molecular formula is C16H19FN4O. The molecule has 116 valence electrons. The number of morpholine rings is 1. The van der Waals surface area contributed by atoms with Crippen molar-refractivity contribution < 1.29 is 9.13 Å². The Hall–Kier alpha value is -2.21. The highest BCUT2D eigenvalue weighted by molar-refractivity contribution is 5.61. The van der Waals surface area contributed by atoms with Crippen LogP contribution in [0.15, 0.2) is 24.4 Å². The van der Waals surface area contributed by atoms with Crippen LogP contribution < -0.4 is 10.2 Å². The molecule has 5 nitrogen and oxygen atoms in total. The van der Waals surface area contributed by atoms with E-state index < -0.39 is 5.82 Å². The molecule has 1 aliphatic heterocycles. The van der Waals surface area contributed by atoms with Crippen LogP contribution in [0.1, 0.15) is 11.1 Å². The van der Waals surface area contributed by atoms with E-state index in [1.165, 1.54) is 11.8 Å². The number of nitrogens with one attached hydrogen (secondary N) is 1. The maximum absolute atomic E-state index is 14.0. The molecule has 6 heteroatoms. The van der Waals surface area contributed by atoms with E-state index in [0.717, 1.165) is 11.3 Å². The van der Waals surface area contributed by atoms with Crippen LogP contribution in [-0.4, -0.2) is 36.3 Å². The zero-order valence-corrected chi connectivity index (χ0v) is 12.8. The number of hydrogen-bond acceptors (Lipinski definition) is 5. The highest BCUT2D eigenvalue weighted by Gasteiger charge is 2.18. The highest BCUT2D eigenvalue weighted by Crippen LogP contribution is 2.23. The van der Waals surface area contributed by atoms with Crippen LogP contribution in [0.2, 0.25) is 0 Å². The Morgan fingerprint density at radius 3 is 2.77 bits per heavy atom. The first-order chi connectivity index (χ1) is 10.6. The van der Waals surface area contributed by atoms with E-state index >= 15 is 0 Å². The van der Waals surface area contributed by atoms with Gasteiger partial charge in [0.2, 0.25) is 5.95 Å². The number of aromatic nitrogens is 2. The molecule has 0 aliphatic carbocycles. The molecule has 3 rings (SSSR count). The van der Waals surface area contributed by atoms with Crippen molar-refractivity contribution >= 4 is 17.5 Å². The minimum Gasteiger partial charge on any atom is -0.378 e. The molecular weight excluding hydrogens is 283 g/mol. The fourth-order valence-electron chi connectivity index (χ4n) is 2.42. The molecule has 0 bridgehead atoms. The van der Waals surface area contributed by atoms with Crippen LogP contribution in [-0.2, 0) is 4.74 Å². The fourth-order valence-corrected chi connectivity index (χ4v) is 2.42. The molecule has 2 aromatic rings. The topological polar surface area (TPSA) is 50.3 Å². The minimum absolute atomic E-state index is 0.325. The summed E-state index contributed by atoms with van der Waals surface area (Å²) in [7, 11) is 0. The first-order valence-corrected chi connectivity index (χ1v) is 7.33. The monoisotopic (exact) mass is 302 g/mol. The number of rotatable bonds is 3. The summed E-state index contributed by atoms with van der Waals surface area (Å²) in [4.78, 5) is 10.3. The molecule has 1 N–H and O–H groups in total. The Bertz CT molecular complexity index is 671. The second kappa shape index (κ2) is 6.27. The third-order valence-corrected chi connectivity index (χ3v) is 3.89. The van der Waals surface area contributed by atoms with Crippen LogP contribution in [0.25, 0.3) is 0 Å². The maximum Gasteiger partial charge on any atom is 0.229 e. The number of benzene rings is 1. The normalized spacial score (nSPS) is 15.0. The summed E-state index contributed by atoms with van der Waals surface area (Å²) in [6.07, 6.45) is 1.21. The summed E-state index contributed by atoms with van der Waals surface area (Å²) in [5.41, 5.74) is 3.24. The molecule has 0 saturated carbocycles. The van der Waals surface area contributed by atoms with Crippen molar-refractivity contribution in [3.05, 3.63) is 41.3 Å². The predicted molar refractivity (Wildman–Crippen MR) is 84.2 cm³/mol. The Kier molecular flexibility index (Phi) is 4.20. The van der Waals surface area contributed by atoms with E-state index in [1.807, 2.05) is 36.9 Å². The summed E-state index contributed by atoms with van der Waals surface area (Å²) in [6.45, 7) is 6.52. The quantitative estimate of drug-likeness (QED) is 0.945. The smallest absolute Gasteiger partial charge is 0.229 e. The molecule has 0 atom stereocenters. The van der Waals surface area contributed by atoms with Gasteiger partial charge in [-0.05, 0) is 31.0 Å². The van der Waals surface area contributed by atoms with Crippen LogP contribution in [0.4, 0.5) is 21.8 Å². The molecule has 1 aromatic carbocycles. The van der Waals surface area contributed by atoms with Gasteiger partial charge in [0.05, 0.1) is 19.4 Å². The average molecular weight is 302 g/mol. The van der Waals surface area contributed by atoms with Crippen LogP contribution in [0.5, 0.6) is 0 Å². The van der Waals surface area contributed by atoms with Gasteiger partial charge in [-0.25, -0.2) is 9.37 Å². The van der Waals surface area contributed by atoms with Gasteiger partial charge in [0, 0.05) is 18.8 Å². The van der Waals surface area contributed by atoms with Gasteiger partial charge >= 0.3 is 0 Å². The molecule has 0 unspecified atom stereocenters. The number of anilines is 3. The number of nitrogens with zero attached hydrogens (tertiary/aromatic N) is 3. The summed E-state index contributed by atoms with van der Waals surface area (Å²) in [5, 5.41) is 3.17. The van der Waals surface area contributed by atoms with Gasteiger partial charge in [0.25, 0.3) is 0 Å². The van der Waals surface area contributed by atoms with Gasteiger partial charge in [-0.1, -0.05) is 12.1 Å². The summed E-state index contributed by atoms with van der Waals surface area (Å²) in [6, 6.07) is 5.98. The summed E-state index contributed by atoms with van der Waals surface area (Å²) >= 11 is 0. The zero-order valence-electron chi connectivity index (χ0n) is 12.8. The van der Waals surface area contributed by atoms with E-state index in [1.54, 1.807) is 0 Å². The number of aryl methyl sites for hydroxylation is 1. The summed E-state index contributed by atoms with van der Waals surface area (Å²) < 4.78 is 19.3. The number of halogens is 1. The zero-order chi connectivity index (χ0) is 15.5. The van der Waals surface area contributed by atoms with Gasteiger partial charge < -0.3 is 15.0 Å². The molecule has 1 fully saturated rings. The minimum atomic E-state index is -0.409. The maximum atomic E-state index is 14.0. The van der Waals surface area contributed by atoms with Gasteiger partial charge in [0.15, 0.2) is 11.6 Å². The van der Waals surface area contributed by atoms with Crippen molar-refractivity contribution in [2.45, 2.75) is 13.8 Å². The van der Waals surface area contributed by atoms with E-state index in [0.29, 0.717) is 38.1 Å². The third kappa shape index (κ3) is 3.01. The third-order valence-electron chi connectivity index (χ3n) is 3.89. The van der Waals surface area contributed by atoms with E-state index in [-0.39, 0.29) is 0 Å². The Balaban J connectivity index is 1.87. The van der Waals surface area contributed by atoms with Crippen molar-refractivity contribution in [3.8, 4) is 0 Å². The van der Waals surface area contributed by atoms with Gasteiger partial charge in [-0.2, -0.15) is 4.98 Å². The lowest BCUT2D eigenvalue weighted by molar-refractivity contribution is 0.122. The van der Waals surface area contributed by atoms with Gasteiger partial charge in [-0.15, -0.1) is 0 Å². The largest absolute Gasteiger partial charge is 0.378 e. The number of hydrogen-bond donors (Lipinski definition) is 1. The molecule has 1 aliphatic rings. The van der Waals surface area contributed by atoms with E-state index in [4.69, 9.17) is 4.74 Å². The van der Waals surface area contributed by atoms with Crippen molar-refractivity contribution in [3.63, 3.8) is 0 Å². The molecule has 0 amide bonds. The first kappa shape index (κ1) is 14.7. The Morgan fingerprint density at radius 2 is 2.00 bits per heavy atom. The van der Waals surface area contributed by atoms with E-state index in [2.05, 4.69) is 15.3 Å². The van der Waals surface area contributed by atoms with Crippen LogP contribution in [0, 0.1) is 19.7 Å². The average Bonchev–Trinajstić information content (AvgIpc) is 2.54. The lowest BCUT2D eigenvalue weighted by Gasteiger charge is -2.28.